The molecule has 3 N–H and O–H groups in total. The monoisotopic (exact) mass is 218 g/mol. The van der Waals surface area contributed by atoms with E-state index in [9.17, 15) is 4.79 Å². The smallest absolute Gasteiger partial charge is 0.218 e. The highest BCUT2D eigenvalue weighted by molar-refractivity contribution is 5.73. The maximum atomic E-state index is 10.5. The summed E-state index contributed by atoms with van der Waals surface area (Å²) in [5.74, 6) is -0.284. The van der Waals surface area contributed by atoms with E-state index in [4.69, 9.17) is 5.73 Å². The summed E-state index contributed by atoms with van der Waals surface area (Å²) in [6, 6.07) is 5.94. The number of nitrogens with two attached hydrogens (primary N) is 1. The summed E-state index contributed by atoms with van der Waals surface area (Å²) >= 11 is 0. The van der Waals surface area contributed by atoms with Crippen molar-refractivity contribution < 1.29 is 4.79 Å². The molecule has 0 unspecified atom stereocenters. The molecule has 0 atom stereocenters. The molecule has 0 saturated carbocycles. The molecule has 2 heterocycles. The third-order valence-corrected chi connectivity index (χ3v) is 2.37. The molecular formula is C11H14N4O. The fourth-order valence-electron chi connectivity index (χ4n) is 1.58. The molecule has 0 aliphatic rings. The molecule has 16 heavy (non-hydrogen) atoms. The Morgan fingerprint density at radius 2 is 2.38 bits per heavy atom. The van der Waals surface area contributed by atoms with Crippen molar-refractivity contribution in [2.24, 2.45) is 5.73 Å². The molecule has 0 aromatic carbocycles. The Hall–Kier alpha value is -1.88. The lowest BCUT2D eigenvalue weighted by Gasteiger charge is -2.06. The van der Waals surface area contributed by atoms with Crippen molar-refractivity contribution >= 4 is 11.6 Å². The molecule has 2 aromatic rings. The second-order valence-corrected chi connectivity index (χ2v) is 3.57. The van der Waals surface area contributed by atoms with Crippen LogP contribution in [-0.2, 0) is 11.3 Å². The van der Waals surface area contributed by atoms with Crippen molar-refractivity contribution in [2.45, 2.75) is 13.0 Å². The van der Waals surface area contributed by atoms with Gasteiger partial charge in [-0.3, -0.25) is 4.79 Å². The summed E-state index contributed by atoms with van der Waals surface area (Å²) in [5.41, 5.74) is 7.09. The summed E-state index contributed by atoms with van der Waals surface area (Å²) in [6.45, 7) is 1.29. The van der Waals surface area contributed by atoms with Crippen LogP contribution < -0.4 is 11.1 Å². The van der Waals surface area contributed by atoms with Crippen LogP contribution in [0.1, 0.15) is 12.1 Å². The zero-order valence-electron chi connectivity index (χ0n) is 8.89. The molecule has 0 spiro atoms. The zero-order chi connectivity index (χ0) is 11.4. The zero-order valence-corrected chi connectivity index (χ0v) is 8.89. The van der Waals surface area contributed by atoms with Gasteiger partial charge in [0, 0.05) is 37.6 Å². The summed E-state index contributed by atoms with van der Waals surface area (Å²) < 4.78 is 2.01. The fourth-order valence-corrected chi connectivity index (χ4v) is 1.58. The number of nitrogens with zero attached hydrogens (tertiary/aromatic N) is 2. The predicted octanol–water partition coefficient (Wildman–Crippen LogP) is 0.299. The summed E-state index contributed by atoms with van der Waals surface area (Å²) in [5, 5.41) is 3.17. The summed E-state index contributed by atoms with van der Waals surface area (Å²) in [4.78, 5) is 14.7. The highest BCUT2D eigenvalue weighted by Gasteiger charge is 2.00. The quantitative estimate of drug-likeness (QED) is 0.709. The van der Waals surface area contributed by atoms with Gasteiger partial charge in [-0.05, 0) is 12.1 Å². The van der Waals surface area contributed by atoms with Crippen LogP contribution in [0.2, 0.25) is 0 Å². The largest absolute Gasteiger partial charge is 0.370 e. The van der Waals surface area contributed by atoms with Crippen molar-refractivity contribution in [3.05, 3.63) is 36.3 Å². The van der Waals surface area contributed by atoms with Gasteiger partial charge in [0.05, 0.1) is 0 Å². The molecule has 0 radical (unpaired) electrons. The maximum absolute atomic E-state index is 10.5. The first-order chi connectivity index (χ1) is 7.77. The van der Waals surface area contributed by atoms with Gasteiger partial charge in [0.25, 0.3) is 0 Å². The Balaban J connectivity index is 1.98. The molecule has 2 rings (SSSR count). The first-order valence-corrected chi connectivity index (χ1v) is 5.17. The maximum Gasteiger partial charge on any atom is 0.218 e. The lowest BCUT2D eigenvalue weighted by atomic mass is 10.3. The molecule has 5 heteroatoms. The lowest BCUT2D eigenvalue weighted by Crippen LogP contribution is -2.22. The minimum absolute atomic E-state index is 0.284. The normalized spacial score (nSPS) is 10.8. The average Bonchev–Trinajstić information content (AvgIpc) is 2.72. The molecule has 84 valence electrons. The number of hydrogen-bond acceptors (Lipinski definition) is 3. The molecule has 0 aliphatic heterocycles. The van der Waals surface area contributed by atoms with Gasteiger partial charge in [-0.15, -0.1) is 0 Å². The van der Waals surface area contributed by atoms with Crippen LogP contribution in [0, 0.1) is 0 Å². The SMILES string of the molecule is NC(=O)CCNCc1cccc2nccn12. The number of imidazole rings is 1. The van der Waals surface area contributed by atoms with Crippen LogP contribution in [-0.4, -0.2) is 21.8 Å². The third-order valence-electron chi connectivity index (χ3n) is 2.37. The number of aromatic nitrogens is 2. The van der Waals surface area contributed by atoms with Gasteiger partial charge in [-0.1, -0.05) is 6.07 Å². The van der Waals surface area contributed by atoms with Gasteiger partial charge in [0.2, 0.25) is 5.91 Å². The molecule has 0 aliphatic carbocycles. The van der Waals surface area contributed by atoms with Crippen molar-refractivity contribution in [1.82, 2.24) is 14.7 Å². The first-order valence-electron chi connectivity index (χ1n) is 5.17. The second-order valence-electron chi connectivity index (χ2n) is 3.57. The van der Waals surface area contributed by atoms with E-state index in [2.05, 4.69) is 10.3 Å². The lowest BCUT2D eigenvalue weighted by molar-refractivity contribution is -0.117. The van der Waals surface area contributed by atoms with Crippen LogP contribution in [0.3, 0.4) is 0 Å². The number of carbonyl (C=O) groups excluding carboxylic acids is 1. The molecule has 5 nitrogen and oxygen atoms in total. The topological polar surface area (TPSA) is 72.4 Å². The number of fused-ring (bicyclic) bond motifs is 1. The van der Waals surface area contributed by atoms with Crippen LogP contribution in [0.5, 0.6) is 0 Å². The van der Waals surface area contributed by atoms with E-state index in [1.165, 1.54) is 0 Å². The predicted molar refractivity (Wildman–Crippen MR) is 60.7 cm³/mol. The van der Waals surface area contributed by atoms with Crippen molar-refractivity contribution in [2.75, 3.05) is 6.54 Å². The van der Waals surface area contributed by atoms with Gasteiger partial charge < -0.3 is 15.5 Å². The average molecular weight is 218 g/mol. The van der Waals surface area contributed by atoms with Crippen molar-refractivity contribution in [3.8, 4) is 0 Å². The van der Waals surface area contributed by atoms with Crippen LogP contribution in [0.25, 0.3) is 5.65 Å². The van der Waals surface area contributed by atoms with E-state index in [1.54, 1.807) is 6.20 Å². The number of nitrogens with one attached hydrogen (secondary N) is 1. The Morgan fingerprint density at radius 3 is 3.19 bits per heavy atom. The minimum Gasteiger partial charge on any atom is -0.370 e. The Kier molecular flexibility index (Phi) is 3.16. The molecular weight excluding hydrogens is 204 g/mol. The van der Waals surface area contributed by atoms with E-state index in [0.29, 0.717) is 19.5 Å². The van der Waals surface area contributed by atoms with E-state index < -0.39 is 0 Å². The molecule has 0 bridgehead atoms. The number of amides is 1. The highest BCUT2D eigenvalue weighted by Crippen LogP contribution is 2.05. The number of carbonyl (C=O) groups is 1. The van der Waals surface area contributed by atoms with Gasteiger partial charge in [-0.2, -0.15) is 0 Å². The molecule has 2 aromatic heterocycles. The highest BCUT2D eigenvalue weighted by atomic mass is 16.1. The third kappa shape index (κ3) is 2.38. The fraction of sp³-hybridized carbons (Fsp3) is 0.273. The number of rotatable bonds is 5. The van der Waals surface area contributed by atoms with Crippen LogP contribution in [0.15, 0.2) is 30.6 Å². The van der Waals surface area contributed by atoms with Crippen molar-refractivity contribution in [1.29, 1.82) is 0 Å². The van der Waals surface area contributed by atoms with Gasteiger partial charge in [0.1, 0.15) is 5.65 Å². The molecule has 0 saturated heterocycles. The minimum atomic E-state index is -0.284. The van der Waals surface area contributed by atoms with Gasteiger partial charge in [-0.25, -0.2) is 4.98 Å². The van der Waals surface area contributed by atoms with Crippen LogP contribution >= 0.6 is 0 Å². The number of primary amides is 1. The van der Waals surface area contributed by atoms with Crippen molar-refractivity contribution in [3.63, 3.8) is 0 Å². The standard InChI is InChI=1S/C11H14N4O/c12-10(16)4-5-13-8-9-2-1-3-11-14-6-7-15(9)11/h1-3,6-7,13H,4-5,8H2,(H2,12,16). The van der Waals surface area contributed by atoms with Gasteiger partial charge in [0.15, 0.2) is 0 Å². The van der Waals surface area contributed by atoms with Crippen LogP contribution in [0.4, 0.5) is 0 Å². The summed E-state index contributed by atoms with van der Waals surface area (Å²) in [6.07, 6.45) is 4.04. The van der Waals surface area contributed by atoms with Gasteiger partial charge >= 0.3 is 0 Å². The number of hydrogen-bond donors (Lipinski definition) is 2. The van der Waals surface area contributed by atoms with E-state index >= 15 is 0 Å². The van der Waals surface area contributed by atoms with E-state index in [0.717, 1.165) is 11.3 Å². The molecule has 0 fully saturated rings. The number of pyridine rings is 1. The van der Waals surface area contributed by atoms with E-state index in [-0.39, 0.29) is 5.91 Å². The first kappa shape index (κ1) is 10.6. The second kappa shape index (κ2) is 4.76. The van der Waals surface area contributed by atoms with E-state index in [1.807, 2.05) is 28.8 Å². The molecule has 1 amide bonds. The Labute approximate surface area is 93.3 Å². The Morgan fingerprint density at radius 1 is 1.50 bits per heavy atom. The summed E-state index contributed by atoms with van der Waals surface area (Å²) in [7, 11) is 0. The Bertz CT molecular complexity index is 491.